The summed E-state index contributed by atoms with van der Waals surface area (Å²) in [6, 6.07) is 0.261. The summed E-state index contributed by atoms with van der Waals surface area (Å²) in [7, 11) is 0. The van der Waals surface area contributed by atoms with Gasteiger partial charge in [-0.1, -0.05) is 12.8 Å². The highest BCUT2D eigenvalue weighted by Gasteiger charge is 2.34. The Labute approximate surface area is 106 Å². The molecule has 1 unspecified atom stereocenters. The highest BCUT2D eigenvalue weighted by Crippen LogP contribution is 2.25. The van der Waals surface area contributed by atoms with Crippen molar-refractivity contribution in [3.63, 3.8) is 0 Å². The van der Waals surface area contributed by atoms with E-state index in [9.17, 15) is 0 Å². The monoisotopic (exact) mass is 237 g/mol. The van der Waals surface area contributed by atoms with Crippen LogP contribution in [-0.2, 0) is 0 Å². The van der Waals surface area contributed by atoms with Crippen molar-refractivity contribution in [3.8, 4) is 12.3 Å². The molecule has 1 aliphatic heterocycles. The van der Waals surface area contributed by atoms with Gasteiger partial charge in [0.05, 0.1) is 0 Å². The van der Waals surface area contributed by atoms with Gasteiger partial charge >= 0.3 is 0 Å². The van der Waals surface area contributed by atoms with Gasteiger partial charge in [-0.15, -0.1) is 12.3 Å². The fourth-order valence-corrected chi connectivity index (χ4v) is 2.74. The Kier molecular flexibility index (Phi) is 5.97. The molecular formula is C14H27N3. The zero-order valence-electron chi connectivity index (χ0n) is 11.3. The normalized spacial score (nSPS) is 20.6. The Hall–Kier alpha value is -0.560. The molecule has 1 fully saturated rings. The molecule has 0 bridgehead atoms. The van der Waals surface area contributed by atoms with E-state index in [1.165, 1.54) is 38.8 Å². The van der Waals surface area contributed by atoms with Gasteiger partial charge in [0, 0.05) is 18.0 Å². The molecule has 1 aliphatic rings. The molecule has 1 atom stereocenters. The Bertz CT molecular complexity index is 247. The maximum atomic E-state index is 5.70. The van der Waals surface area contributed by atoms with E-state index in [-0.39, 0.29) is 11.6 Å². The van der Waals surface area contributed by atoms with Crippen LogP contribution in [0.15, 0.2) is 0 Å². The lowest BCUT2D eigenvalue weighted by molar-refractivity contribution is 0.0806. The number of nitrogens with one attached hydrogen (secondary N) is 1. The Morgan fingerprint density at radius 1 is 1.29 bits per heavy atom. The second kappa shape index (κ2) is 7.00. The van der Waals surface area contributed by atoms with E-state index in [1.807, 2.05) is 0 Å². The number of nitrogens with two attached hydrogens (primary N) is 1. The van der Waals surface area contributed by atoms with Crippen molar-refractivity contribution in [1.82, 2.24) is 10.3 Å². The van der Waals surface area contributed by atoms with Gasteiger partial charge in [0.1, 0.15) is 0 Å². The van der Waals surface area contributed by atoms with Crippen LogP contribution < -0.4 is 11.3 Å². The maximum Gasteiger partial charge on any atom is 0.0398 e. The van der Waals surface area contributed by atoms with Crippen LogP contribution in [0.1, 0.15) is 52.4 Å². The number of hydrogen-bond acceptors (Lipinski definition) is 3. The summed E-state index contributed by atoms with van der Waals surface area (Å²) in [6.07, 6.45) is 12.4. The average molecular weight is 237 g/mol. The summed E-state index contributed by atoms with van der Waals surface area (Å²) >= 11 is 0. The quantitative estimate of drug-likeness (QED) is 0.436. The van der Waals surface area contributed by atoms with E-state index in [0.29, 0.717) is 0 Å². The molecule has 17 heavy (non-hydrogen) atoms. The first-order chi connectivity index (χ1) is 8.12. The zero-order valence-corrected chi connectivity index (χ0v) is 11.3. The number of rotatable bonds is 5. The van der Waals surface area contributed by atoms with Crippen molar-refractivity contribution >= 4 is 0 Å². The van der Waals surface area contributed by atoms with Gasteiger partial charge in [-0.2, -0.15) is 0 Å². The van der Waals surface area contributed by atoms with E-state index in [0.717, 1.165) is 12.8 Å². The molecule has 98 valence electrons. The van der Waals surface area contributed by atoms with Gasteiger partial charge in [0.25, 0.3) is 0 Å². The van der Waals surface area contributed by atoms with Gasteiger partial charge in [-0.05, 0) is 46.2 Å². The SMILES string of the molecule is C#CCCC(NN)C(C)(C)N1CCCCCC1. The topological polar surface area (TPSA) is 41.3 Å². The van der Waals surface area contributed by atoms with Crippen molar-refractivity contribution in [2.45, 2.75) is 64.0 Å². The Morgan fingerprint density at radius 2 is 1.88 bits per heavy atom. The van der Waals surface area contributed by atoms with Crippen LogP contribution in [0.25, 0.3) is 0 Å². The average Bonchev–Trinajstić information content (AvgIpc) is 2.58. The van der Waals surface area contributed by atoms with Crippen LogP contribution in [0.5, 0.6) is 0 Å². The third-order valence-corrected chi connectivity index (χ3v) is 4.05. The van der Waals surface area contributed by atoms with E-state index in [2.05, 4.69) is 30.1 Å². The maximum absolute atomic E-state index is 5.70. The lowest BCUT2D eigenvalue weighted by Crippen LogP contribution is -2.59. The summed E-state index contributed by atoms with van der Waals surface area (Å²) in [5.74, 6) is 8.41. The summed E-state index contributed by atoms with van der Waals surface area (Å²) in [5, 5.41) is 0. The molecule has 0 aromatic rings. The minimum absolute atomic E-state index is 0.0793. The predicted molar refractivity (Wildman–Crippen MR) is 73.3 cm³/mol. The number of nitrogens with zero attached hydrogens (tertiary/aromatic N) is 1. The molecular weight excluding hydrogens is 210 g/mol. The standard InChI is InChI=1S/C14H27N3/c1-4-5-10-13(16-15)14(2,3)17-11-8-6-7-9-12-17/h1,13,16H,5-12,15H2,2-3H3. The van der Waals surface area contributed by atoms with Crippen molar-refractivity contribution in [2.24, 2.45) is 5.84 Å². The van der Waals surface area contributed by atoms with Gasteiger partial charge in [0.15, 0.2) is 0 Å². The highest BCUT2D eigenvalue weighted by molar-refractivity contribution is 4.96. The Morgan fingerprint density at radius 3 is 2.35 bits per heavy atom. The molecule has 0 amide bonds. The number of terminal acetylenes is 1. The summed E-state index contributed by atoms with van der Waals surface area (Å²) in [5.41, 5.74) is 3.04. The highest BCUT2D eigenvalue weighted by atomic mass is 15.3. The number of hydrogen-bond donors (Lipinski definition) is 2. The second-order valence-corrected chi connectivity index (χ2v) is 5.52. The second-order valence-electron chi connectivity index (χ2n) is 5.52. The van der Waals surface area contributed by atoms with Gasteiger partial charge in [-0.3, -0.25) is 16.2 Å². The molecule has 0 aliphatic carbocycles. The molecule has 1 saturated heterocycles. The molecule has 0 radical (unpaired) electrons. The van der Waals surface area contributed by atoms with Crippen molar-refractivity contribution < 1.29 is 0 Å². The lowest BCUT2D eigenvalue weighted by Gasteiger charge is -2.43. The van der Waals surface area contributed by atoms with Crippen LogP contribution >= 0.6 is 0 Å². The first-order valence-corrected chi connectivity index (χ1v) is 6.77. The molecule has 3 heteroatoms. The molecule has 0 spiro atoms. The van der Waals surface area contributed by atoms with Crippen molar-refractivity contribution in [3.05, 3.63) is 0 Å². The largest absolute Gasteiger partial charge is 0.297 e. The number of likely N-dealkylation sites (tertiary alicyclic amines) is 1. The van der Waals surface area contributed by atoms with Crippen LogP contribution in [0.2, 0.25) is 0 Å². The fraction of sp³-hybridized carbons (Fsp3) is 0.857. The molecule has 0 saturated carbocycles. The third-order valence-electron chi connectivity index (χ3n) is 4.05. The first-order valence-electron chi connectivity index (χ1n) is 6.77. The minimum atomic E-state index is 0.0793. The molecule has 3 N–H and O–H groups in total. The van der Waals surface area contributed by atoms with Gasteiger partial charge < -0.3 is 0 Å². The van der Waals surface area contributed by atoms with Gasteiger partial charge in [0.2, 0.25) is 0 Å². The van der Waals surface area contributed by atoms with Gasteiger partial charge in [-0.25, -0.2) is 0 Å². The third kappa shape index (κ3) is 3.99. The molecule has 1 heterocycles. The van der Waals surface area contributed by atoms with Crippen LogP contribution in [0.3, 0.4) is 0 Å². The van der Waals surface area contributed by atoms with Crippen LogP contribution in [0.4, 0.5) is 0 Å². The minimum Gasteiger partial charge on any atom is -0.297 e. The number of hydrazine groups is 1. The summed E-state index contributed by atoms with van der Waals surface area (Å²) < 4.78 is 0. The predicted octanol–water partition coefficient (Wildman–Crippen LogP) is 1.89. The van der Waals surface area contributed by atoms with E-state index >= 15 is 0 Å². The van der Waals surface area contributed by atoms with Crippen molar-refractivity contribution in [2.75, 3.05) is 13.1 Å². The van der Waals surface area contributed by atoms with E-state index < -0.39 is 0 Å². The lowest BCUT2D eigenvalue weighted by atomic mass is 9.89. The molecule has 1 rings (SSSR count). The zero-order chi connectivity index (χ0) is 12.7. The molecule has 0 aromatic heterocycles. The van der Waals surface area contributed by atoms with E-state index in [4.69, 9.17) is 12.3 Å². The summed E-state index contributed by atoms with van der Waals surface area (Å²) in [4.78, 5) is 2.57. The van der Waals surface area contributed by atoms with E-state index in [1.54, 1.807) is 0 Å². The summed E-state index contributed by atoms with van der Waals surface area (Å²) in [6.45, 7) is 6.92. The smallest absolute Gasteiger partial charge is 0.0398 e. The van der Waals surface area contributed by atoms with Crippen LogP contribution in [0, 0.1) is 12.3 Å². The molecule has 3 nitrogen and oxygen atoms in total. The van der Waals surface area contributed by atoms with Crippen LogP contribution in [-0.4, -0.2) is 29.6 Å². The fourth-order valence-electron chi connectivity index (χ4n) is 2.74. The van der Waals surface area contributed by atoms with Crippen molar-refractivity contribution in [1.29, 1.82) is 0 Å². The Balaban J connectivity index is 2.64. The molecule has 0 aromatic carbocycles. The first kappa shape index (κ1) is 14.5.